The summed E-state index contributed by atoms with van der Waals surface area (Å²) in [5.41, 5.74) is -0.105. The fraction of sp³-hybridized carbons (Fsp3) is 0.727. The van der Waals surface area contributed by atoms with E-state index in [0.717, 1.165) is 39.0 Å². The van der Waals surface area contributed by atoms with E-state index < -0.39 is 0 Å². The van der Waals surface area contributed by atoms with Crippen molar-refractivity contribution in [2.24, 2.45) is 5.41 Å². The molecule has 2 rings (SSSR count). The molecule has 0 aromatic heterocycles. The summed E-state index contributed by atoms with van der Waals surface area (Å²) in [4.78, 5) is 14.2. The quantitative estimate of drug-likeness (QED) is 0.659. The van der Waals surface area contributed by atoms with Crippen molar-refractivity contribution in [1.29, 1.82) is 0 Å². The Morgan fingerprint density at radius 1 is 1.50 bits per heavy atom. The van der Waals surface area contributed by atoms with Crippen LogP contribution in [0.4, 0.5) is 0 Å². The van der Waals surface area contributed by atoms with Gasteiger partial charge in [0.15, 0.2) is 0 Å². The Bertz CT molecular complexity index is 246. The molecular formula is C11H18N2O. The van der Waals surface area contributed by atoms with Gasteiger partial charge in [-0.3, -0.25) is 4.79 Å². The lowest BCUT2D eigenvalue weighted by Gasteiger charge is -2.30. The van der Waals surface area contributed by atoms with Gasteiger partial charge >= 0.3 is 0 Å². The van der Waals surface area contributed by atoms with Crippen LogP contribution in [0.15, 0.2) is 12.2 Å². The van der Waals surface area contributed by atoms with Crippen molar-refractivity contribution in [3.63, 3.8) is 0 Å². The van der Waals surface area contributed by atoms with Crippen molar-refractivity contribution >= 4 is 5.91 Å². The number of nitrogens with zero attached hydrogens (tertiary/aromatic N) is 1. The molecule has 0 aromatic rings. The second-order valence-corrected chi connectivity index (χ2v) is 4.24. The predicted octanol–water partition coefficient (Wildman–Crippen LogP) is 0.774. The molecule has 0 saturated carbocycles. The van der Waals surface area contributed by atoms with Crippen LogP contribution in [0.2, 0.25) is 0 Å². The molecule has 0 spiro atoms. The fourth-order valence-electron chi connectivity index (χ4n) is 2.36. The van der Waals surface area contributed by atoms with Crippen molar-refractivity contribution in [2.45, 2.75) is 19.8 Å². The molecule has 78 valence electrons. The van der Waals surface area contributed by atoms with Gasteiger partial charge in [-0.05, 0) is 19.4 Å². The normalized spacial score (nSPS) is 31.4. The summed E-state index contributed by atoms with van der Waals surface area (Å²) < 4.78 is 0. The van der Waals surface area contributed by atoms with Gasteiger partial charge in [-0.25, -0.2) is 0 Å². The minimum Gasteiger partial charge on any atom is -0.335 e. The molecule has 0 aromatic carbocycles. The molecule has 3 heteroatoms. The third-order valence-corrected chi connectivity index (χ3v) is 3.48. The van der Waals surface area contributed by atoms with E-state index in [1.165, 1.54) is 0 Å². The zero-order valence-corrected chi connectivity index (χ0v) is 8.75. The predicted molar refractivity (Wildman–Crippen MR) is 55.9 cm³/mol. The third kappa shape index (κ3) is 1.46. The highest BCUT2D eigenvalue weighted by Gasteiger charge is 2.41. The Morgan fingerprint density at radius 2 is 2.21 bits per heavy atom. The van der Waals surface area contributed by atoms with Crippen molar-refractivity contribution in [3.05, 3.63) is 12.2 Å². The molecule has 1 amide bonds. The van der Waals surface area contributed by atoms with Crippen LogP contribution in [0.25, 0.3) is 0 Å². The van der Waals surface area contributed by atoms with E-state index in [2.05, 4.69) is 24.4 Å². The number of carbonyl (C=O) groups excluding carboxylic acids is 1. The molecule has 1 atom stereocenters. The number of amides is 1. The van der Waals surface area contributed by atoms with E-state index >= 15 is 0 Å². The summed E-state index contributed by atoms with van der Waals surface area (Å²) >= 11 is 0. The van der Waals surface area contributed by atoms with Gasteiger partial charge < -0.3 is 10.2 Å². The van der Waals surface area contributed by atoms with Crippen molar-refractivity contribution in [3.8, 4) is 0 Å². The Kier molecular flexibility index (Phi) is 2.59. The van der Waals surface area contributed by atoms with E-state index in [4.69, 9.17) is 0 Å². The summed E-state index contributed by atoms with van der Waals surface area (Å²) in [6.45, 7) is 5.58. The van der Waals surface area contributed by atoms with Crippen LogP contribution in [0, 0.1) is 5.41 Å². The maximum absolute atomic E-state index is 12.2. The third-order valence-electron chi connectivity index (χ3n) is 3.48. The average molecular weight is 194 g/mol. The smallest absolute Gasteiger partial charge is 0.230 e. The van der Waals surface area contributed by atoms with E-state index in [-0.39, 0.29) is 5.41 Å². The van der Waals surface area contributed by atoms with E-state index in [9.17, 15) is 4.79 Å². The largest absolute Gasteiger partial charge is 0.335 e. The molecular weight excluding hydrogens is 176 g/mol. The van der Waals surface area contributed by atoms with Gasteiger partial charge in [-0.15, -0.1) is 0 Å². The first-order chi connectivity index (χ1) is 6.78. The number of nitrogens with one attached hydrogen (secondary N) is 1. The summed E-state index contributed by atoms with van der Waals surface area (Å²) in [5, 5.41) is 3.30. The average Bonchev–Trinajstić information content (AvgIpc) is 2.89. The topological polar surface area (TPSA) is 32.3 Å². The molecule has 0 radical (unpaired) electrons. The van der Waals surface area contributed by atoms with Gasteiger partial charge in [0, 0.05) is 19.6 Å². The maximum Gasteiger partial charge on any atom is 0.230 e. The van der Waals surface area contributed by atoms with Crippen LogP contribution >= 0.6 is 0 Å². The molecule has 1 unspecified atom stereocenters. The molecule has 1 fully saturated rings. The summed E-state index contributed by atoms with van der Waals surface area (Å²) in [5.74, 6) is 0.343. The maximum atomic E-state index is 12.2. The molecule has 2 aliphatic rings. The monoisotopic (exact) mass is 194 g/mol. The Morgan fingerprint density at radius 3 is 2.71 bits per heavy atom. The summed E-state index contributed by atoms with van der Waals surface area (Å²) in [6.07, 6.45) is 6.10. The van der Waals surface area contributed by atoms with Gasteiger partial charge in [-0.2, -0.15) is 0 Å². The Balaban J connectivity index is 2.07. The van der Waals surface area contributed by atoms with Crippen LogP contribution in [0.3, 0.4) is 0 Å². The first-order valence-electron chi connectivity index (χ1n) is 5.43. The Hall–Kier alpha value is -0.830. The van der Waals surface area contributed by atoms with Crippen LogP contribution in [-0.4, -0.2) is 37.0 Å². The van der Waals surface area contributed by atoms with Crippen LogP contribution in [0.1, 0.15) is 19.8 Å². The molecule has 14 heavy (non-hydrogen) atoms. The van der Waals surface area contributed by atoms with E-state index in [1.54, 1.807) is 0 Å². The number of hydrogen-bond acceptors (Lipinski definition) is 2. The summed E-state index contributed by atoms with van der Waals surface area (Å²) in [6, 6.07) is 0. The molecule has 2 heterocycles. The molecule has 0 bridgehead atoms. The molecule has 3 nitrogen and oxygen atoms in total. The van der Waals surface area contributed by atoms with Gasteiger partial charge in [0.25, 0.3) is 0 Å². The fourth-order valence-corrected chi connectivity index (χ4v) is 2.36. The minimum atomic E-state index is -0.105. The minimum absolute atomic E-state index is 0.105. The standard InChI is InChI=1S/C11H18N2O/c1-2-11(5-6-12-9-11)10(14)13-7-3-4-8-13/h3-4,12H,2,5-9H2,1H3. The van der Waals surface area contributed by atoms with Crippen molar-refractivity contribution in [2.75, 3.05) is 26.2 Å². The molecule has 1 saturated heterocycles. The van der Waals surface area contributed by atoms with Crippen molar-refractivity contribution in [1.82, 2.24) is 10.2 Å². The van der Waals surface area contributed by atoms with Gasteiger partial charge in [0.2, 0.25) is 5.91 Å². The molecule has 1 N–H and O–H groups in total. The zero-order valence-electron chi connectivity index (χ0n) is 8.75. The molecule has 0 aliphatic carbocycles. The lowest BCUT2D eigenvalue weighted by molar-refractivity contribution is -0.139. The molecule has 2 aliphatic heterocycles. The van der Waals surface area contributed by atoms with Gasteiger partial charge in [-0.1, -0.05) is 19.1 Å². The lowest BCUT2D eigenvalue weighted by Crippen LogP contribution is -2.43. The Labute approximate surface area is 85.2 Å². The van der Waals surface area contributed by atoms with Gasteiger partial charge in [0.05, 0.1) is 5.41 Å². The van der Waals surface area contributed by atoms with E-state index in [0.29, 0.717) is 5.91 Å². The van der Waals surface area contributed by atoms with Crippen molar-refractivity contribution < 1.29 is 4.79 Å². The van der Waals surface area contributed by atoms with E-state index in [1.807, 2.05) is 4.90 Å². The highest BCUT2D eigenvalue weighted by Crippen LogP contribution is 2.32. The first kappa shape index (κ1) is 9.71. The zero-order chi connectivity index (χ0) is 10.0. The highest BCUT2D eigenvalue weighted by molar-refractivity contribution is 5.84. The van der Waals surface area contributed by atoms with Crippen LogP contribution in [0.5, 0.6) is 0 Å². The lowest BCUT2D eigenvalue weighted by atomic mass is 9.83. The number of rotatable bonds is 2. The second-order valence-electron chi connectivity index (χ2n) is 4.24. The SMILES string of the molecule is CCC1(C(=O)N2CC=CC2)CCNC1. The second kappa shape index (κ2) is 3.73. The highest BCUT2D eigenvalue weighted by atomic mass is 16.2. The number of hydrogen-bond donors (Lipinski definition) is 1. The summed E-state index contributed by atoms with van der Waals surface area (Å²) in [7, 11) is 0. The van der Waals surface area contributed by atoms with Gasteiger partial charge in [0.1, 0.15) is 0 Å². The first-order valence-corrected chi connectivity index (χ1v) is 5.43. The van der Waals surface area contributed by atoms with Crippen LogP contribution in [-0.2, 0) is 4.79 Å². The van der Waals surface area contributed by atoms with Crippen LogP contribution < -0.4 is 5.32 Å². The number of carbonyl (C=O) groups is 1.